The smallest absolute Gasteiger partial charge is 0.224 e. The number of benzene rings is 1. The highest BCUT2D eigenvalue weighted by Gasteiger charge is 2.19. The molecule has 1 aromatic heterocycles. The molecule has 5 heteroatoms. The summed E-state index contributed by atoms with van der Waals surface area (Å²) in [4.78, 5) is 27.7. The zero-order chi connectivity index (χ0) is 16.5. The lowest BCUT2D eigenvalue weighted by molar-refractivity contribution is -0.124. The van der Waals surface area contributed by atoms with Crippen molar-refractivity contribution in [3.05, 3.63) is 66.0 Å². The first kappa shape index (κ1) is 17.2. The summed E-state index contributed by atoms with van der Waals surface area (Å²) in [5.74, 6) is 0.236. The van der Waals surface area contributed by atoms with E-state index in [1.807, 2.05) is 42.5 Å². The minimum Gasteiger partial charge on any atom is -0.352 e. The molecule has 1 heterocycles. The predicted molar refractivity (Wildman–Crippen MR) is 92.9 cm³/mol. The Morgan fingerprint density at radius 3 is 2.43 bits per heavy atom. The Bertz CT molecular complexity index is 632. The van der Waals surface area contributed by atoms with Crippen molar-refractivity contribution in [1.82, 2.24) is 10.3 Å². The van der Waals surface area contributed by atoms with E-state index in [4.69, 9.17) is 0 Å². The van der Waals surface area contributed by atoms with Crippen LogP contribution in [0.1, 0.15) is 18.1 Å². The zero-order valence-corrected chi connectivity index (χ0v) is 13.9. The van der Waals surface area contributed by atoms with Crippen LogP contribution in [0.4, 0.5) is 0 Å². The molecule has 0 aliphatic heterocycles. The van der Waals surface area contributed by atoms with Crippen LogP contribution in [0.2, 0.25) is 0 Å². The van der Waals surface area contributed by atoms with Crippen LogP contribution in [0.3, 0.4) is 0 Å². The zero-order valence-electron chi connectivity index (χ0n) is 13.1. The quantitative estimate of drug-likeness (QED) is 0.849. The lowest BCUT2D eigenvalue weighted by Gasteiger charge is -2.16. The summed E-state index contributed by atoms with van der Waals surface area (Å²) >= 11 is 1.20. The van der Waals surface area contributed by atoms with Gasteiger partial charge in [0.2, 0.25) is 5.91 Å². The Labute approximate surface area is 140 Å². The molecule has 0 radical (unpaired) electrons. The summed E-state index contributed by atoms with van der Waals surface area (Å²) in [6, 6.07) is 13.6. The fraction of sp³-hybridized carbons (Fsp3) is 0.278. The molecular formula is C18H20N2O2S. The fourth-order valence-electron chi connectivity index (χ4n) is 2.18. The molecule has 23 heavy (non-hydrogen) atoms. The van der Waals surface area contributed by atoms with Gasteiger partial charge >= 0.3 is 0 Å². The molecule has 120 valence electrons. The molecule has 2 rings (SSSR count). The number of amides is 1. The largest absolute Gasteiger partial charge is 0.352 e. The van der Waals surface area contributed by atoms with Gasteiger partial charge in [-0.15, -0.1) is 0 Å². The molecule has 1 unspecified atom stereocenters. The topological polar surface area (TPSA) is 59.1 Å². The van der Waals surface area contributed by atoms with Gasteiger partial charge in [-0.1, -0.05) is 42.1 Å². The average molecular weight is 328 g/mol. The van der Waals surface area contributed by atoms with E-state index in [1.54, 1.807) is 12.4 Å². The first-order valence-electron chi connectivity index (χ1n) is 7.49. The van der Waals surface area contributed by atoms with Gasteiger partial charge in [0.25, 0.3) is 0 Å². The maximum absolute atomic E-state index is 12.5. The van der Waals surface area contributed by atoms with E-state index in [0.717, 1.165) is 11.1 Å². The lowest BCUT2D eigenvalue weighted by atomic mass is 10.00. The summed E-state index contributed by atoms with van der Waals surface area (Å²) in [7, 11) is 0. The summed E-state index contributed by atoms with van der Waals surface area (Å²) in [5.41, 5.74) is 2.10. The second kappa shape index (κ2) is 9.10. The summed E-state index contributed by atoms with van der Waals surface area (Å²) in [5, 5.41) is 2.98. The van der Waals surface area contributed by atoms with Crippen molar-refractivity contribution < 1.29 is 9.59 Å². The van der Waals surface area contributed by atoms with Crippen LogP contribution in [-0.2, 0) is 22.6 Å². The molecule has 0 bridgehead atoms. The number of nitrogens with one attached hydrogen (secondary N) is 1. The van der Waals surface area contributed by atoms with E-state index in [1.165, 1.54) is 18.7 Å². The molecule has 0 fully saturated rings. The molecule has 0 aliphatic rings. The molecule has 1 N–H and O–H groups in total. The standard InChI is InChI=1S/C18H20N2O2S/c1-14(21)23-13-17(11-15-5-3-2-4-6-15)18(22)20-12-16-7-9-19-10-8-16/h2-10,17H,11-13H2,1H3,(H,20,22). The Kier molecular flexibility index (Phi) is 6.81. The minimum absolute atomic E-state index is 0.0283. The number of nitrogens with zero attached hydrogens (tertiary/aromatic N) is 1. The highest BCUT2D eigenvalue weighted by atomic mass is 32.2. The molecular weight excluding hydrogens is 308 g/mol. The molecule has 0 saturated heterocycles. The number of hydrogen-bond donors (Lipinski definition) is 1. The summed E-state index contributed by atoms with van der Waals surface area (Å²) in [6.07, 6.45) is 4.03. The van der Waals surface area contributed by atoms with Crippen LogP contribution >= 0.6 is 11.8 Å². The van der Waals surface area contributed by atoms with Crippen LogP contribution in [0, 0.1) is 5.92 Å². The van der Waals surface area contributed by atoms with Crippen LogP contribution in [0.5, 0.6) is 0 Å². The second-order valence-corrected chi connectivity index (χ2v) is 6.46. The van der Waals surface area contributed by atoms with Crippen molar-refractivity contribution in [3.63, 3.8) is 0 Å². The van der Waals surface area contributed by atoms with Crippen molar-refractivity contribution in [1.29, 1.82) is 0 Å². The lowest BCUT2D eigenvalue weighted by Crippen LogP contribution is -2.33. The van der Waals surface area contributed by atoms with Gasteiger partial charge in [-0.05, 0) is 29.7 Å². The van der Waals surface area contributed by atoms with E-state index >= 15 is 0 Å². The van der Waals surface area contributed by atoms with E-state index in [-0.39, 0.29) is 16.9 Å². The molecule has 4 nitrogen and oxygen atoms in total. The van der Waals surface area contributed by atoms with Crippen LogP contribution < -0.4 is 5.32 Å². The monoisotopic (exact) mass is 328 g/mol. The molecule has 0 spiro atoms. The molecule has 1 aromatic carbocycles. The summed E-state index contributed by atoms with van der Waals surface area (Å²) in [6.45, 7) is 2.00. The Hall–Kier alpha value is -2.14. The first-order valence-corrected chi connectivity index (χ1v) is 8.47. The average Bonchev–Trinajstić information content (AvgIpc) is 2.58. The third-order valence-corrected chi connectivity index (χ3v) is 4.38. The minimum atomic E-state index is -0.229. The Morgan fingerprint density at radius 1 is 1.09 bits per heavy atom. The van der Waals surface area contributed by atoms with Crippen LogP contribution in [0.25, 0.3) is 0 Å². The van der Waals surface area contributed by atoms with Gasteiger partial charge < -0.3 is 5.32 Å². The van der Waals surface area contributed by atoms with Crippen molar-refractivity contribution in [2.45, 2.75) is 19.9 Å². The van der Waals surface area contributed by atoms with E-state index < -0.39 is 0 Å². The van der Waals surface area contributed by atoms with Gasteiger partial charge in [0, 0.05) is 31.6 Å². The fourth-order valence-corrected chi connectivity index (χ4v) is 2.88. The van der Waals surface area contributed by atoms with Gasteiger partial charge in [-0.2, -0.15) is 0 Å². The third-order valence-electron chi connectivity index (χ3n) is 3.40. The van der Waals surface area contributed by atoms with Crippen LogP contribution in [-0.4, -0.2) is 21.8 Å². The van der Waals surface area contributed by atoms with E-state index in [2.05, 4.69) is 10.3 Å². The molecule has 0 saturated carbocycles. The maximum Gasteiger partial charge on any atom is 0.224 e. The van der Waals surface area contributed by atoms with Crippen molar-refractivity contribution in [3.8, 4) is 0 Å². The molecule has 1 atom stereocenters. The number of carbonyl (C=O) groups is 2. The number of hydrogen-bond acceptors (Lipinski definition) is 4. The normalized spacial score (nSPS) is 11.7. The number of thioether (sulfide) groups is 1. The SMILES string of the molecule is CC(=O)SCC(Cc1ccccc1)C(=O)NCc1ccncc1. The number of carbonyl (C=O) groups excluding carboxylic acids is 2. The van der Waals surface area contributed by atoms with Gasteiger partial charge in [0.1, 0.15) is 0 Å². The van der Waals surface area contributed by atoms with Gasteiger partial charge in [0.15, 0.2) is 5.12 Å². The van der Waals surface area contributed by atoms with Gasteiger partial charge in [-0.25, -0.2) is 0 Å². The highest BCUT2D eigenvalue weighted by molar-refractivity contribution is 8.13. The summed E-state index contributed by atoms with van der Waals surface area (Å²) < 4.78 is 0. The number of rotatable bonds is 7. The molecule has 2 aromatic rings. The van der Waals surface area contributed by atoms with E-state index in [9.17, 15) is 9.59 Å². The maximum atomic E-state index is 12.5. The predicted octanol–water partition coefficient (Wildman–Crippen LogP) is 2.84. The second-order valence-electron chi connectivity index (χ2n) is 5.26. The molecule has 1 amide bonds. The van der Waals surface area contributed by atoms with Gasteiger partial charge in [-0.3, -0.25) is 14.6 Å². The Balaban J connectivity index is 1.97. The molecule has 0 aliphatic carbocycles. The third kappa shape index (κ3) is 6.24. The van der Waals surface area contributed by atoms with E-state index in [0.29, 0.717) is 18.7 Å². The van der Waals surface area contributed by atoms with Crippen molar-refractivity contribution in [2.24, 2.45) is 5.92 Å². The Morgan fingerprint density at radius 2 is 1.78 bits per heavy atom. The number of pyridine rings is 1. The number of aromatic nitrogens is 1. The first-order chi connectivity index (χ1) is 11.1. The highest BCUT2D eigenvalue weighted by Crippen LogP contribution is 2.16. The van der Waals surface area contributed by atoms with Gasteiger partial charge in [0.05, 0.1) is 5.92 Å². The van der Waals surface area contributed by atoms with Crippen molar-refractivity contribution in [2.75, 3.05) is 5.75 Å². The van der Waals surface area contributed by atoms with Crippen molar-refractivity contribution >= 4 is 22.8 Å². The van der Waals surface area contributed by atoms with Crippen LogP contribution in [0.15, 0.2) is 54.9 Å².